The van der Waals surface area contributed by atoms with Crippen LogP contribution in [0.4, 0.5) is 0 Å². The molecule has 0 bridgehead atoms. The Morgan fingerprint density at radius 2 is 2.38 bits per heavy atom. The van der Waals surface area contributed by atoms with Gasteiger partial charge >= 0.3 is 0 Å². The van der Waals surface area contributed by atoms with Crippen LogP contribution in [0.25, 0.3) is 0 Å². The molecule has 0 saturated heterocycles. The minimum absolute atomic E-state index is 0.0231. The fourth-order valence-corrected chi connectivity index (χ4v) is 1.55. The molecule has 2 atom stereocenters. The lowest BCUT2D eigenvalue weighted by molar-refractivity contribution is -0.112. The molecular weight excluding hydrogens is 232 g/mol. The van der Waals surface area contributed by atoms with E-state index in [0.29, 0.717) is 10.9 Å². The van der Waals surface area contributed by atoms with E-state index in [1.807, 2.05) is 13.0 Å². The van der Waals surface area contributed by atoms with Gasteiger partial charge in [-0.1, -0.05) is 41.1 Å². The van der Waals surface area contributed by atoms with E-state index in [-0.39, 0.29) is 17.6 Å². The van der Waals surface area contributed by atoms with Crippen molar-refractivity contribution < 1.29 is 9.59 Å². The van der Waals surface area contributed by atoms with E-state index < -0.39 is 0 Å². The summed E-state index contributed by atoms with van der Waals surface area (Å²) in [7, 11) is 0. The highest BCUT2D eigenvalue weighted by Crippen LogP contribution is 2.21. The van der Waals surface area contributed by atoms with Crippen LogP contribution in [0.5, 0.6) is 0 Å². The van der Waals surface area contributed by atoms with Crippen molar-refractivity contribution in [2.75, 3.05) is 5.33 Å². The molecular formula is C10H11BrO2. The second-order valence-electron chi connectivity index (χ2n) is 3.11. The molecule has 0 amide bonds. The zero-order chi connectivity index (χ0) is 9.84. The standard InChI is InChI=1S/C10H11BrO2/c1-7-2-3-8(10(13)5-11)4-9(7)6-12/h2-4,6-7,9H,5H2,1H3. The zero-order valence-electron chi connectivity index (χ0n) is 7.37. The smallest absolute Gasteiger partial charge is 0.173 e. The predicted molar refractivity (Wildman–Crippen MR) is 54.7 cm³/mol. The van der Waals surface area contributed by atoms with Crippen LogP contribution >= 0.6 is 15.9 Å². The predicted octanol–water partition coefficient (Wildman–Crippen LogP) is 1.90. The Balaban J connectivity index is 2.84. The van der Waals surface area contributed by atoms with Crippen molar-refractivity contribution in [2.24, 2.45) is 11.8 Å². The van der Waals surface area contributed by atoms with Gasteiger partial charge in [-0.2, -0.15) is 0 Å². The number of hydrogen-bond donors (Lipinski definition) is 0. The Bertz CT molecular complexity index is 279. The van der Waals surface area contributed by atoms with Gasteiger partial charge in [-0.15, -0.1) is 0 Å². The molecule has 1 aliphatic carbocycles. The molecule has 1 aliphatic rings. The SMILES string of the molecule is CC1C=CC(C(=O)CBr)=CC1C=O. The van der Waals surface area contributed by atoms with Gasteiger partial charge in [0, 0.05) is 11.5 Å². The van der Waals surface area contributed by atoms with E-state index in [2.05, 4.69) is 15.9 Å². The van der Waals surface area contributed by atoms with Crippen molar-refractivity contribution in [2.45, 2.75) is 6.92 Å². The molecule has 0 radical (unpaired) electrons. The molecule has 1 rings (SSSR count). The number of carbonyl (C=O) groups is 2. The molecule has 13 heavy (non-hydrogen) atoms. The van der Waals surface area contributed by atoms with Crippen LogP contribution in [0, 0.1) is 11.8 Å². The number of Topliss-reactive ketones (excluding diaryl/α,β-unsaturated/α-hetero) is 1. The van der Waals surface area contributed by atoms with Gasteiger partial charge in [0.25, 0.3) is 0 Å². The monoisotopic (exact) mass is 242 g/mol. The van der Waals surface area contributed by atoms with Crippen LogP contribution in [0.3, 0.4) is 0 Å². The zero-order valence-corrected chi connectivity index (χ0v) is 8.95. The number of alkyl halides is 1. The topological polar surface area (TPSA) is 34.1 Å². The minimum Gasteiger partial charge on any atom is -0.303 e. The Hall–Kier alpha value is -0.700. The highest BCUT2D eigenvalue weighted by atomic mass is 79.9. The maximum atomic E-state index is 11.3. The number of aldehydes is 1. The quantitative estimate of drug-likeness (QED) is 0.560. The number of ketones is 1. The van der Waals surface area contributed by atoms with Crippen molar-refractivity contribution in [1.29, 1.82) is 0 Å². The minimum atomic E-state index is -0.150. The van der Waals surface area contributed by atoms with E-state index in [9.17, 15) is 9.59 Å². The first kappa shape index (κ1) is 10.4. The van der Waals surface area contributed by atoms with Crippen LogP contribution < -0.4 is 0 Å². The van der Waals surface area contributed by atoms with E-state index in [1.54, 1.807) is 12.2 Å². The number of rotatable bonds is 3. The van der Waals surface area contributed by atoms with Crippen molar-refractivity contribution in [3.05, 3.63) is 23.8 Å². The molecule has 0 saturated carbocycles. The molecule has 0 aliphatic heterocycles. The molecule has 3 heteroatoms. The van der Waals surface area contributed by atoms with Crippen LogP contribution in [0.1, 0.15) is 6.92 Å². The second kappa shape index (κ2) is 4.51. The summed E-state index contributed by atoms with van der Waals surface area (Å²) in [5.74, 6) is 0.0716. The molecule has 0 aromatic heterocycles. The largest absolute Gasteiger partial charge is 0.303 e. The molecule has 0 heterocycles. The average molecular weight is 243 g/mol. The summed E-state index contributed by atoms with van der Waals surface area (Å²) in [6.45, 7) is 1.96. The van der Waals surface area contributed by atoms with Crippen molar-refractivity contribution in [3.8, 4) is 0 Å². The first-order valence-corrected chi connectivity index (χ1v) is 5.25. The van der Waals surface area contributed by atoms with Crippen molar-refractivity contribution in [1.82, 2.24) is 0 Å². The summed E-state index contributed by atoms with van der Waals surface area (Å²) in [5, 5.41) is 0.309. The summed E-state index contributed by atoms with van der Waals surface area (Å²) < 4.78 is 0. The van der Waals surface area contributed by atoms with Crippen LogP contribution in [-0.2, 0) is 9.59 Å². The lowest BCUT2D eigenvalue weighted by Gasteiger charge is -2.16. The summed E-state index contributed by atoms with van der Waals surface area (Å²) >= 11 is 3.09. The van der Waals surface area contributed by atoms with E-state index in [4.69, 9.17) is 0 Å². The maximum Gasteiger partial charge on any atom is 0.173 e. The lowest BCUT2D eigenvalue weighted by Crippen LogP contribution is -2.15. The molecule has 2 nitrogen and oxygen atoms in total. The van der Waals surface area contributed by atoms with E-state index in [0.717, 1.165) is 6.29 Å². The van der Waals surface area contributed by atoms with Crippen LogP contribution in [0.15, 0.2) is 23.8 Å². The number of carbonyl (C=O) groups excluding carboxylic acids is 2. The third-order valence-corrected chi connectivity index (χ3v) is 2.67. The maximum absolute atomic E-state index is 11.3. The Kier molecular flexibility index (Phi) is 3.60. The Morgan fingerprint density at radius 3 is 2.92 bits per heavy atom. The lowest BCUT2D eigenvalue weighted by atomic mass is 9.87. The third kappa shape index (κ3) is 2.37. The molecule has 2 unspecified atom stereocenters. The van der Waals surface area contributed by atoms with Gasteiger partial charge in [0.2, 0.25) is 0 Å². The highest BCUT2D eigenvalue weighted by molar-refractivity contribution is 9.09. The fourth-order valence-electron chi connectivity index (χ4n) is 1.22. The van der Waals surface area contributed by atoms with Gasteiger partial charge in [0.15, 0.2) is 5.78 Å². The van der Waals surface area contributed by atoms with Crippen LogP contribution in [0.2, 0.25) is 0 Å². The number of hydrogen-bond acceptors (Lipinski definition) is 2. The molecule has 70 valence electrons. The van der Waals surface area contributed by atoms with Gasteiger partial charge in [0.05, 0.1) is 5.33 Å². The highest BCUT2D eigenvalue weighted by Gasteiger charge is 2.18. The van der Waals surface area contributed by atoms with Gasteiger partial charge in [-0.05, 0) is 5.92 Å². The number of halogens is 1. The first-order valence-electron chi connectivity index (χ1n) is 4.13. The summed E-state index contributed by atoms with van der Waals surface area (Å²) in [4.78, 5) is 21.9. The molecule has 0 fully saturated rings. The van der Waals surface area contributed by atoms with Gasteiger partial charge in [0.1, 0.15) is 6.29 Å². The number of allylic oxidation sites excluding steroid dienone is 4. The summed E-state index contributed by atoms with van der Waals surface area (Å²) in [5.41, 5.74) is 0.632. The first-order chi connectivity index (χ1) is 6.19. The van der Waals surface area contributed by atoms with Crippen molar-refractivity contribution >= 4 is 28.0 Å². The second-order valence-corrected chi connectivity index (χ2v) is 3.67. The summed E-state index contributed by atoms with van der Waals surface area (Å²) in [6.07, 6.45) is 6.31. The normalized spacial score (nSPS) is 26.8. The Morgan fingerprint density at radius 1 is 1.69 bits per heavy atom. The van der Waals surface area contributed by atoms with E-state index in [1.165, 1.54) is 0 Å². The van der Waals surface area contributed by atoms with Gasteiger partial charge in [-0.3, -0.25) is 4.79 Å². The molecule has 0 aromatic carbocycles. The van der Waals surface area contributed by atoms with Crippen LogP contribution in [-0.4, -0.2) is 17.4 Å². The fraction of sp³-hybridized carbons (Fsp3) is 0.400. The van der Waals surface area contributed by atoms with Crippen molar-refractivity contribution in [3.63, 3.8) is 0 Å². The van der Waals surface area contributed by atoms with Gasteiger partial charge in [-0.25, -0.2) is 0 Å². The Labute approximate surface area is 85.8 Å². The third-order valence-electron chi connectivity index (χ3n) is 2.16. The van der Waals surface area contributed by atoms with E-state index >= 15 is 0 Å². The molecule has 0 aromatic rings. The summed E-state index contributed by atoms with van der Waals surface area (Å²) in [6, 6.07) is 0. The van der Waals surface area contributed by atoms with Gasteiger partial charge < -0.3 is 4.79 Å². The molecule has 0 spiro atoms. The molecule has 0 N–H and O–H groups in total. The average Bonchev–Trinajstić information content (AvgIpc) is 2.17.